The summed E-state index contributed by atoms with van der Waals surface area (Å²) in [5.41, 5.74) is -2.51. The largest absolute Gasteiger partial charge is 0.439 e. The predicted molar refractivity (Wildman–Crippen MR) is 135 cm³/mol. The average Bonchev–Trinajstić information content (AvgIpc) is 2.90. The quantitative estimate of drug-likeness (QED) is 0.320. The molecule has 198 valence electrons. The highest BCUT2D eigenvalue weighted by molar-refractivity contribution is 6.37. The van der Waals surface area contributed by atoms with E-state index in [1.54, 1.807) is 19.9 Å². The minimum Gasteiger partial charge on any atom is -0.439 e. The van der Waals surface area contributed by atoms with Gasteiger partial charge in [0.15, 0.2) is 12.5 Å². The molecule has 1 aromatic carbocycles. The number of hydrogen-bond donors (Lipinski definition) is 1. The van der Waals surface area contributed by atoms with Crippen molar-refractivity contribution in [3.05, 3.63) is 95.0 Å². The van der Waals surface area contributed by atoms with Gasteiger partial charge in [0.2, 0.25) is 11.6 Å². The Labute approximate surface area is 228 Å². The summed E-state index contributed by atoms with van der Waals surface area (Å²) in [5, 5.41) is 16.7. The molecule has 0 saturated carbocycles. The third-order valence-corrected chi connectivity index (χ3v) is 5.65. The minimum atomic E-state index is -0.944. The van der Waals surface area contributed by atoms with E-state index in [9.17, 15) is 19.2 Å². The van der Waals surface area contributed by atoms with Crippen molar-refractivity contribution in [3.63, 3.8) is 0 Å². The van der Waals surface area contributed by atoms with Gasteiger partial charge in [-0.3, -0.25) is 14.6 Å². The van der Waals surface area contributed by atoms with Crippen LogP contribution < -0.4 is 21.5 Å². The van der Waals surface area contributed by atoms with E-state index in [1.165, 1.54) is 36.9 Å². The second-order valence-corrected chi connectivity index (χ2v) is 8.87. The van der Waals surface area contributed by atoms with Gasteiger partial charge >= 0.3 is 11.7 Å². The number of aromatic nitrogens is 7. The number of carbonyl (C=O) groups is 1. The van der Waals surface area contributed by atoms with Gasteiger partial charge in [-0.05, 0) is 18.1 Å². The summed E-state index contributed by atoms with van der Waals surface area (Å²) >= 11 is 12.7. The van der Waals surface area contributed by atoms with Crippen molar-refractivity contribution in [2.75, 3.05) is 0 Å². The van der Waals surface area contributed by atoms with E-state index in [0.717, 1.165) is 9.36 Å². The lowest BCUT2D eigenvalue weighted by Crippen LogP contribution is -2.33. The van der Waals surface area contributed by atoms with E-state index in [2.05, 4.69) is 20.2 Å². The molecule has 0 aliphatic heterocycles. The summed E-state index contributed by atoms with van der Waals surface area (Å²) in [4.78, 5) is 58.5. The third kappa shape index (κ3) is 5.84. The van der Waals surface area contributed by atoms with Gasteiger partial charge in [-0.1, -0.05) is 37.0 Å². The van der Waals surface area contributed by atoms with Crippen LogP contribution in [-0.4, -0.2) is 40.5 Å². The molecule has 4 rings (SSSR count). The summed E-state index contributed by atoms with van der Waals surface area (Å²) in [7, 11) is 0. The van der Waals surface area contributed by atoms with Crippen molar-refractivity contribution in [3.8, 4) is 23.4 Å². The fourth-order valence-corrected chi connectivity index (χ4v) is 3.77. The summed E-state index contributed by atoms with van der Waals surface area (Å²) in [6.07, 6.45) is 3.77. The van der Waals surface area contributed by atoms with Gasteiger partial charge in [0.05, 0.1) is 21.3 Å². The number of nitrogens with one attached hydrogen (secondary N) is 1. The first-order chi connectivity index (χ1) is 18.6. The van der Waals surface area contributed by atoms with Crippen LogP contribution in [0, 0.1) is 11.3 Å². The number of ether oxygens (including phenoxy) is 2. The normalized spacial score (nSPS) is 10.8. The lowest BCUT2D eigenvalue weighted by atomic mass is 10.1. The first kappa shape index (κ1) is 27.2. The molecule has 0 saturated heterocycles. The van der Waals surface area contributed by atoms with E-state index in [1.807, 2.05) is 4.98 Å². The molecule has 0 fully saturated rings. The molecule has 1 N–H and O–H groups in total. The van der Waals surface area contributed by atoms with Crippen molar-refractivity contribution in [1.29, 1.82) is 5.26 Å². The monoisotopic (exact) mass is 570 g/mol. The lowest BCUT2D eigenvalue weighted by Gasteiger charge is -2.15. The Morgan fingerprint density at radius 1 is 1.10 bits per heavy atom. The fourth-order valence-electron chi connectivity index (χ4n) is 3.21. The standard InChI is InChI=1S/C23H16Cl2N8O6/c1-11(2)14-5-18(31-32(21(14)35)10-38-22(36)12-7-27-9-28-8-12)39-19-15(24)3-13(4-16(19)25)33-23(37)29-20(34)17(6-26)30-33/h3-5,7-9,11H,10H2,1-2H3,(H,29,34,37). The topological polar surface area (TPSA) is 188 Å². The predicted octanol–water partition coefficient (Wildman–Crippen LogP) is 2.18. The van der Waals surface area contributed by atoms with Crippen molar-refractivity contribution in [2.24, 2.45) is 0 Å². The Hall–Kier alpha value is -4.87. The van der Waals surface area contributed by atoms with Crippen molar-refractivity contribution >= 4 is 29.2 Å². The molecular weight excluding hydrogens is 555 g/mol. The Kier molecular flexibility index (Phi) is 7.84. The van der Waals surface area contributed by atoms with Crippen LogP contribution in [0.2, 0.25) is 10.0 Å². The maximum Gasteiger partial charge on any atom is 0.349 e. The van der Waals surface area contributed by atoms with Crippen LogP contribution in [0.5, 0.6) is 11.6 Å². The molecule has 3 aromatic heterocycles. The van der Waals surface area contributed by atoms with E-state index >= 15 is 0 Å². The number of aromatic amines is 1. The molecule has 4 aromatic rings. The van der Waals surface area contributed by atoms with Crippen LogP contribution in [-0.2, 0) is 11.5 Å². The maximum absolute atomic E-state index is 12.9. The van der Waals surface area contributed by atoms with Crippen LogP contribution >= 0.6 is 23.2 Å². The molecule has 0 aliphatic rings. The molecule has 16 heteroatoms. The number of H-pyrrole nitrogens is 1. The molecule has 0 unspecified atom stereocenters. The Morgan fingerprint density at radius 3 is 2.38 bits per heavy atom. The molecule has 0 amide bonds. The summed E-state index contributed by atoms with van der Waals surface area (Å²) in [6, 6.07) is 5.50. The van der Waals surface area contributed by atoms with Gasteiger partial charge in [0, 0.05) is 24.0 Å². The van der Waals surface area contributed by atoms with Gasteiger partial charge < -0.3 is 9.47 Å². The molecule has 0 bridgehead atoms. The molecular formula is C23H16Cl2N8O6. The number of esters is 1. The minimum absolute atomic E-state index is 0.0349. The van der Waals surface area contributed by atoms with Crippen molar-refractivity contribution < 1.29 is 14.3 Å². The summed E-state index contributed by atoms with van der Waals surface area (Å²) < 4.78 is 12.6. The molecule has 39 heavy (non-hydrogen) atoms. The SMILES string of the molecule is CC(C)c1cc(Oc2c(Cl)cc(-n3nc(C#N)c(=O)[nH]c3=O)cc2Cl)nn(COC(=O)c2cncnc2)c1=O. The Balaban J connectivity index is 1.67. The Bertz CT molecular complexity index is 1770. The highest BCUT2D eigenvalue weighted by Gasteiger charge is 2.19. The van der Waals surface area contributed by atoms with Crippen LogP contribution in [0.25, 0.3) is 5.69 Å². The van der Waals surface area contributed by atoms with Gasteiger partial charge in [0.25, 0.3) is 11.1 Å². The highest BCUT2D eigenvalue weighted by Crippen LogP contribution is 2.37. The summed E-state index contributed by atoms with van der Waals surface area (Å²) in [5.74, 6) is -1.20. The van der Waals surface area contributed by atoms with E-state index in [-0.39, 0.29) is 38.8 Å². The van der Waals surface area contributed by atoms with Gasteiger partial charge in [0.1, 0.15) is 12.4 Å². The fraction of sp³-hybridized carbons (Fsp3) is 0.174. The number of nitriles is 1. The van der Waals surface area contributed by atoms with Crippen molar-refractivity contribution in [2.45, 2.75) is 26.5 Å². The number of benzene rings is 1. The van der Waals surface area contributed by atoms with Crippen molar-refractivity contribution in [1.82, 2.24) is 34.5 Å². The number of halogens is 2. The smallest absolute Gasteiger partial charge is 0.349 e. The zero-order valence-corrected chi connectivity index (χ0v) is 21.6. The first-order valence-electron chi connectivity index (χ1n) is 10.9. The average molecular weight is 571 g/mol. The van der Waals surface area contributed by atoms with Crippen LogP contribution in [0.3, 0.4) is 0 Å². The first-order valence-corrected chi connectivity index (χ1v) is 11.7. The second-order valence-electron chi connectivity index (χ2n) is 8.06. The van der Waals surface area contributed by atoms with Crippen LogP contribution in [0.1, 0.15) is 41.4 Å². The zero-order valence-electron chi connectivity index (χ0n) is 20.1. The number of nitrogens with zero attached hydrogens (tertiary/aromatic N) is 7. The van der Waals surface area contributed by atoms with Crippen LogP contribution in [0.4, 0.5) is 0 Å². The number of carbonyl (C=O) groups excluding carboxylic acids is 1. The van der Waals surface area contributed by atoms with Gasteiger partial charge in [-0.25, -0.2) is 19.6 Å². The highest BCUT2D eigenvalue weighted by atomic mass is 35.5. The lowest BCUT2D eigenvalue weighted by molar-refractivity contribution is 0.0335. The van der Waals surface area contributed by atoms with Gasteiger partial charge in [-0.2, -0.15) is 14.6 Å². The molecule has 0 atom stereocenters. The second kappa shape index (κ2) is 11.3. The molecule has 0 spiro atoms. The number of rotatable bonds is 7. The van der Waals surface area contributed by atoms with E-state index in [4.69, 9.17) is 37.9 Å². The van der Waals surface area contributed by atoms with Crippen LogP contribution in [0.15, 0.2) is 51.3 Å². The van der Waals surface area contributed by atoms with Gasteiger partial charge in [-0.15, -0.1) is 10.2 Å². The molecule has 3 heterocycles. The maximum atomic E-state index is 12.9. The third-order valence-electron chi connectivity index (χ3n) is 5.08. The van der Waals surface area contributed by atoms with E-state index in [0.29, 0.717) is 5.56 Å². The number of hydrogen-bond acceptors (Lipinski definition) is 11. The molecule has 0 aliphatic carbocycles. The Morgan fingerprint density at radius 2 is 1.77 bits per heavy atom. The van der Waals surface area contributed by atoms with E-state index < -0.39 is 35.2 Å². The molecule has 0 radical (unpaired) electrons. The summed E-state index contributed by atoms with van der Waals surface area (Å²) in [6.45, 7) is 3.01. The molecule has 14 nitrogen and oxygen atoms in total. The zero-order chi connectivity index (χ0) is 28.3.